The topological polar surface area (TPSA) is 67.8 Å². The zero-order chi connectivity index (χ0) is 20.4. The van der Waals surface area contributed by atoms with E-state index in [1.807, 2.05) is 54.4 Å². The summed E-state index contributed by atoms with van der Waals surface area (Å²) in [7, 11) is 5.12. The molecule has 3 aromatic rings. The van der Waals surface area contributed by atoms with Crippen molar-refractivity contribution in [2.45, 2.75) is 0 Å². The van der Waals surface area contributed by atoms with Crippen LogP contribution in [-0.2, 0) is 4.79 Å². The normalized spacial score (nSPS) is 13.6. The lowest BCUT2D eigenvalue weighted by Crippen LogP contribution is -2.43. The fourth-order valence-electron chi connectivity index (χ4n) is 3.39. The second-order valence-corrected chi connectivity index (χ2v) is 6.69. The molecular formula is C22H22N4O3. The molecule has 7 nitrogen and oxygen atoms in total. The number of likely N-dealkylation sites (N-methyl/N-ethyl adjacent to an activating group) is 1. The highest BCUT2D eigenvalue weighted by molar-refractivity contribution is 6.06. The van der Waals surface area contributed by atoms with Crippen molar-refractivity contribution in [1.82, 2.24) is 9.97 Å². The molecule has 0 saturated carbocycles. The molecule has 0 fully saturated rings. The molecule has 0 atom stereocenters. The average Bonchev–Trinajstić information content (AvgIpc) is 2.76. The summed E-state index contributed by atoms with van der Waals surface area (Å²) in [5.41, 5.74) is 2.33. The maximum absolute atomic E-state index is 13.0. The highest BCUT2D eigenvalue weighted by Gasteiger charge is 2.27. The van der Waals surface area contributed by atoms with Gasteiger partial charge in [-0.3, -0.25) is 9.69 Å². The molecule has 0 N–H and O–H groups in total. The van der Waals surface area contributed by atoms with Gasteiger partial charge in [0.2, 0.25) is 0 Å². The van der Waals surface area contributed by atoms with E-state index < -0.39 is 0 Å². The minimum absolute atomic E-state index is 0.159. The van der Waals surface area contributed by atoms with Gasteiger partial charge in [0.25, 0.3) is 5.91 Å². The first-order valence-electron chi connectivity index (χ1n) is 9.31. The molecule has 0 bridgehead atoms. The third-order valence-electron chi connectivity index (χ3n) is 4.92. The number of nitrogens with zero attached hydrogens (tertiary/aromatic N) is 4. The first-order chi connectivity index (χ1) is 14.1. The molecule has 1 aromatic heterocycles. The number of methoxy groups -OCH3 is 2. The molecule has 1 aliphatic rings. The molecular weight excluding hydrogens is 368 g/mol. The van der Waals surface area contributed by atoms with Crippen molar-refractivity contribution < 1.29 is 14.3 Å². The van der Waals surface area contributed by atoms with Crippen LogP contribution in [0.25, 0.3) is 17.1 Å². The summed E-state index contributed by atoms with van der Waals surface area (Å²) in [6.45, 7) is 1.22. The van der Waals surface area contributed by atoms with Gasteiger partial charge in [0, 0.05) is 31.8 Å². The van der Waals surface area contributed by atoms with E-state index in [1.165, 1.54) is 6.08 Å². The van der Waals surface area contributed by atoms with E-state index in [0.29, 0.717) is 36.2 Å². The maximum Gasteiger partial charge on any atom is 0.252 e. The molecule has 0 radical (unpaired) electrons. The largest absolute Gasteiger partial charge is 0.493 e. The molecule has 0 unspecified atom stereocenters. The fourth-order valence-corrected chi connectivity index (χ4v) is 3.39. The first-order valence-corrected chi connectivity index (χ1v) is 9.31. The van der Waals surface area contributed by atoms with Gasteiger partial charge in [0.1, 0.15) is 0 Å². The van der Waals surface area contributed by atoms with Crippen LogP contribution in [0.3, 0.4) is 0 Å². The lowest BCUT2D eigenvalue weighted by atomic mass is 10.1. The van der Waals surface area contributed by atoms with E-state index in [1.54, 1.807) is 25.2 Å². The van der Waals surface area contributed by atoms with Crippen molar-refractivity contribution in [3.8, 4) is 11.5 Å². The van der Waals surface area contributed by atoms with E-state index in [2.05, 4.69) is 0 Å². The van der Waals surface area contributed by atoms with Crippen molar-refractivity contribution >= 4 is 34.7 Å². The Labute approximate surface area is 169 Å². The van der Waals surface area contributed by atoms with E-state index in [-0.39, 0.29) is 5.91 Å². The molecule has 7 heteroatoms. The SMILES string of the molecule is COc1cccc(/C=C/C(=O)N2CCN(C)c3nc4ccccc4nc32)c1OC. The Morgan fingerprint density at radius 3 is 2.38 bits per heavy atom. The Balaban J connectivity index is 1.68. The van der Waals surface area contributed by atoms with Crippen molar-refractivity contribution in [3.05, 3.63) is 54.1 Å². The third kappa shape index (κ3) is 3.47. The molecule has 2 aromatic carbocycles. The van der Waals surface area contributed by atoms with Gasteiger partial charge in [-0.2, -0.15) is 0 Å². The zero-order valence-electron chi connectivity index (χ0n) is 16.6. The average molecular weight is 390 g/mol. The maximum atomic E-state index is 13.0. The highest BCUT2D eigenvalue weighted by Crippen LogP contribution is 2.33. The molecule has 4 rings (SSSR count). The van der Waals surface area contributed by atoms with E-state index in [0.717, 1.165) is 16.6 Å². The molecule has 2 heterocycles. The van der Waals surface area contributed by atoms with Gasteiger partial charge in [-0.25, -0.2) is 9.97 Å². The number of carbonyl (C=O) groups excluding carboxylic acids is 1. The standard InChI is InChI=1S/C22H22N4O3/c1-25-13-14-26(22-21(25)23-16-8-4-5-9-17(16)24-22)19(27)12-11-15-7-6-10-18(28-2)20(15)29-3/h4-12H,13-14H2,1-3H3/b12-11+. The highest BCUT2D eigenvalue weighted by atomic mass is 16.5. The Kier molecular flexibility index (Phi) is 5.03. The van der Waals surface area contributed by atoms with E-state index in [9.17, 15) is 4.79 Å². The number of hydrogen-bond acceptors (Lipinski definition) is 6. The summed E-state index contributed by atoms with van der Waals surface area (Å²) < 4.78 is 10.8. The summed E-state index contributed by atoms with van der Waals surface area (Å²) in [4.78, 5) is 26.1. The van der Waals surface area contributed by atoms with Gasteiger partial charge in [0.15, 0.2) is 23.1 Å². The Bertz CT molecular complexity index is 1100. The molecule has 0 aliphatic carbocycles. The van der Waals surface area contributed by atoms with Crippen LogP contribution < -0.4 is 19.3 Å². The van der Waals surface area contributed by atoms with Crippen molar-refractivity contribution in [2.24, 2.45) is 0 Å². The molecule has 0 spiro atoms. The lowest BCUT2D eigenvalue weighted by molar-refractivity contribution is -0.114. The predicted octanol–water partition coefficient (Wildman–Crippen LogP) is 3.14. The smallest absolute Gasteiger partial charge is 0.252 e. The summed E-state index contributed by atoms with van der Waals surface area (Å²) >= 11 is 0. The summed E-state index contributed by atoms with van der Waals surface area (Å²) in [5.74, 6) is 2.32. The number of carbonyl (C=O) groups is 1. The van der Waals surface area contributed by atoms with Crippen molar-refractivity contribution in [1.29, 1.82) is 0 Å². The number of ether oxygens (including phenoxy) is 2. The summed E-state index contributed by atoms with van der Waals surface area (Å²) in [6.07, 6.45) is 3.26. The Hall–Kier alpha value is -3.61. The lowest BCUT2D eigenvalue weighted by Gasteiger charge is -2.33. The number of benzene rings is 2. The van der Waals surface area contributed by atoms with Crippen LogP contribution in [0.15, 0.2) is 48.5 Å². The first kappa shape index (κ1) is 18.7. The van der Waals surface area contributed by atoms with E-state index >= 15 is 0 Å². The number of aromatic nitrogens is 2. The van der Waals surface area contributed by atoms with Crippen molar-refractivity contribution in [2.75, 3.05) is 44.2 Å². The minimum Gasteiger partial charge on any atom is -0.493 e. The third-order valence-corrected chi connectivity index (χ3v) is 4.92. The fraction of sp³-hybridized carbons (Fsp3) is 0.227. The summed E-state index contributed by atoms with van der Waals surface area (Å²) in [5, 5.41) is 0. The number of para-hydroxylation sites is 3. The van der Waals surface area contributed by atoms with Gasteiger partial charge in [-0.15, -0.1) is 0 Å². The van der Waals surface area contributed by atoms with Gasteiger partial charge >= 0.3 is 0 Å². The van der Waals surface area contributed by atoms with Crippen LogP contribution in [0.4, 0.5) is 11.6 Å². The van der Waals surface area contributed by atoms with Crippen LogP contribution in [0.2, 0.25) is 0 Å². The van der Waals surface area contributed by atoms with Gasteiger partial charge in [0.05, 0.1) is 25.3 Å². The number of anilines is 2. The van der Waals surface area contributed by atoms with Gasteiger partial charge in [-0.1, -0.05) is 24.3 Å². The van der Waals surface area contributed by atoms with Crippen LogP contribution in [-0.4, -0.2) is 50.2 Å². The molecule has 0 saturated heterocycles. The second kappa shape index (κ2) is 7.79. The Morgan fingerprint density at radius 1 is 0.966 bits per heavy atom. The number of amides is 1. The zero-order valence-corrected chi connectivity index (χ0v) is 16.6. The number of rotatable bonds is 4. The predicted molar refractivity (Wildman–Crippen MR) is 114 cm³/mol. The number of hydrogen-bond donors (Lipinski definition) is 0. The summed E-state index contributed by atoms with van der Waals surface area (Å²) in [6, 6.07) is 13.2. The van der Waals surface area contributed by atoms with Crippen molar-refractivity contribution in [3.63, 3.8) is 0 Å². The quantitative estimate of drug-likeness (QED) is 0.638. The second-order valence-electron chi connectivity index (χ2n) is 6.69. The Morgan fingerprint density at radius 2 is 1.69 bits per heavy atom. The van der Waals surface area contributed by atoms with Crippen LogP contribution in [0, 0.1) is 0 Å². The monoisotopic (exact) mass is 390 g/mol. The minimum atomic E-state index is -0.159. The molecule has 1 aliphatic heterocycles. The molecule has 29 heavy (non-hydrogen) atoms. The van der Waals surface area contributed by atoms with Crippen LogP contribution in [0.5, 0.6) is 11.5 Å². The van der Waals surface area contributed by atoms with Gasteiger partial charge < -0.3 is 14.4 Å². The number of fused-ring (bicyclic) bond motifs is 2. The van der Waals surface area contributed by atoms with Crippen LogP contribution in [0.1, 0.15) is 5.56 Å². The van der Waals surface area contributed by atoms with Crippen LogP contribution >= 0.6 is 0 Å². The van der Waals surface area contributed by atoms with Gasteiger partial charge in [-0.05, 0) is 24.3 Å². The molecule has 148 valence electrons. The van der Waals surface area contributed by atoms with E-state index in [4.69, 9.17) is 19.4 Å². The molecule has 1 amide bonds.